The van der Waals surface area contributed by atoms with E-state index >= 15 is 0 Å². The van der Waals surface area contributed by atoms with Crippen molar-refractivity contribution in [2.75, 3.05) is 12.9 Å². The van der Waals surface area contributed by atoms with Crippen LogP contribution in [0.4, 0.5) is 0 Å². The first kappa shape index (κ1) is 23.0. The molecule has 0 fully saturated rings. The number of rotatable bonds is 6. The van der Waals surface area contributed by atoms with Gasteiger partial charge in [0.05, 0.1) is 16.8 Å². The lowest BCUT2D eigenvalue weighted by atomic mass is 9.67. The second kappa shape index (κ2) is 8.46. The number of aromatic hydroxyl groups is 1. The first-order valence-electron chi connectivity index (χ1n) is 10.5. The van der Waals surface area contributed by atoms with Crippen molar-refractivity contribution in [3.8, 4) is 5.75 Å². The van der Waals surface area contributed by atoms with E-state index in [-0.39, 0.29) is 22.8 Å². The summed E-state index contributed by atoms with van der Waals surface area (Å²) < 4.78 is 32.2. The van der Waals surface area contributed by atoms with Gasteiger partial charge >= 0.3 is 0 Å². The van der Waals surface area contributed by atoms with E-state index in [1.807, 2.05) is 13.8 Å². The first-order valence-corrected chi connectivity index (χ1v) is 12.2. The molecule has 6 nitrogen and oxygen atoms in total. The number of phenolic OH excluding ortho intramolecular Hbond substituents is 1. The molecule has 1 aliphatic heterocycles. The van der Waals surface area contributed by atoms with Gasteiger partial charge in [0, 0.05) is 24.9 Å². The van der Waals surface area contributed by atoms with Crippen LogP contribution >= 0.6 is 0 Å². The van der Waals surface area contributed by atoms with Gasteiger partial charge in [-0.2, -0.15) is 0 Å². The fourth-order valence-corrected chi connectivity index (χ4v) is 7.13. The molecule has 0 radical (unpaired) electrons. The average Bonchev–Trinajstić information content (AvgIpc) is 2.78. The molecule has 30 heavy (non-hydrogen) atoms. The molecule has 1 heterocycles. The third-order valence-electron chi connectivity index (χ3n) is 6.72. The summed E-state index contributed by atoms with van der Waals surface area (Å²) in [7, 11) is -2.33. The van der Waals surface area contributed by atoms with Crippen LogP contribution in [0.1, 0.15) is 57.4 Å². The molecule has 0 amide bonds. The van der Waals surface area contributed by atoms with Crippen LogP contribution in [0.25, 0.3) is 0 Å². The highest BCUT2D eigenvalue weighted by Gasteiger charge is 2.51. The average molecular weight is 437 g/mol. The Bertz CT molecular complexity index is 933. The van der Waals surface area contributed by atoms with Crippen LogP contribution in [-0.2, 0) is 14.6 Å². The lowest BCUT2D eigenvalue weighted by Gasteiger charge is -2.41. The monoisotopic (exact) mass is 436 g/mol. The molecule has 3 rings (SSSR count). The molecular formula is C23H32O6S. The zero-order valence-electron chi connectivity index (χ0n) is 17.8. The van der Waals surface area contributed by atoms with E-state index in [0.717, 1.165) is 12.8 Å². The summed E-state index contributed by atoms with van der Waals surface area (Å²) in [6.45, 7) is 3.97. The normalized spacial score (nSPS) is 33.2. The largest absolute Gasteiger partial charge is 0.508 e. The standard InChI is InChI=1S/C23H32O6S/c1-4-6-12-22(5-2)15-30(27,28)19-11-13-23(26,29-3)14-18(19)20(21(22)25)16-7-9-17(24)10-8-16/h7-11,13,20-21,24-26H,4-6,12,14-15H2,1-3H3. The number of methoxy groups -OCH3 is 1. The van der Waals surface area contributed by atoms with Crippen molar-refractivity contribution >= 4 is 9.84 Å². The summed E-state index contributed by atoms with van der Waals surface area (Å²) in [4.78, 5) is 0.160. The Morgan fingerprint density at radius 1 is 1.20 bits per heavy atom. The smallest absolute Gasteiger partial charge is 0.189 e. The third-order valence-corrected chi connectivity index (χ3v) is 8.75. The van der Waals surface area contributed by atoms with E-state index in [1.54, 1.807) is 12.1 Å². The molecular weight excluding hydrogens is 404 g/mol. The highest BCUT2D eigenvalue weighted by Crippen LogP contribution is 2.51. The number of benzene rings is 1. The maximum absolute atomic E-state index is 13.5. The molecule has 0 spiro atoms. The summed E-state index contributed by atoms with van der Waals surface area (Å²) in [5, 5.41) is 32.2. The molecule has 0 aromatic heterocycles. The topological polar surface area (TPSA) is 104 Å². The van der Waals surface area contributed by atoms with Gasteiger partial charge in [-0.05, 0) is 48.3 Å². The van der Waals surface area contributed by atoms with Crippen LogP contribution in [0.3, 0.4) is 0 Å². The van der Waals surface area contributed by atoms with Crippen LogP contribution in [0.15, 0.2) is 46.9 Å². The van der Waals surface area contributed by atoms with Gasteiger partial charge in [0.2, 0.25) is 0 Å². The number of aliphatic hydroxyl groups excluding tert-OH is 1. The molecule has 166 valence electrons. The molecule has 4 atom stereocenters. The zero-order chi connectivity index (χ0) is 22.2. The summed E-state index contributed by atoms with van der Waals surface area (Å²) in [6.07, 6.45) is 4.59. The summed E-state index contributed by atoms with van der Waals surface area (Å²) >= 11 is 0. The molecule has 1 aromatic carbocycles. The Morgan fingerprint density at radius 2 is 1.87 bits per heavy atom. The summed E-state index contributed by atoms with van der Waals surface area (Å²) in [5.74, 6) is -2.32. The molecule has 7 heteroatoms. The number of unbranched alkanes of at least 4 members (excludes halogenated alkanes) is 1. The van der Waals surface area contributed by atoms with Gasteiger partial charge in [-0.25, -0.2) is 8.42 Å². The summed E-state index contributed by atoms with van der Waals surface area (Å²) in [5.41, 5.74) is 0.341. The lowest BCUT2D eigenvalue weighted by Crippen LogP contribution is -2.43. The van der Waals surface area contributed by atoms with Gasteiger partial charge in [-0.1, -0.05) is 38.8 Å². The van der Waals surface area contributed by atoms with Gasteiger partial charge in [0.25, 0.3) is 0 Å². The van der Waals surface area contributed by atoms with E-state index in [4.69, 9.17) is 4.74 Å². The number of ether oxygens (including phenoxy) is 1. The minimum absolute atomic E-state index is 0.0509. The molecule has 2 aliphatic rings. The van der Waals surface area contributed by atoms with Crippen LogP contribution in [-0.4, -0.2) is 48.5 Å². The number of phenols is 1. The fourth-order valence-electron chi connectivity index (χ4n) is 4.83. The minimum Gasteiger partial charge on any atom is -0.508 e. The van der Waals surface area contributed by atoms with Gasteiger partial charge in [0.1, 0.15) is 5.75 Å². The molecule has 4 unspecified atom stereocenters. The van der Waals surface area contributed by atoms with Crippen molar-refractivity contribution < 1.29 is 28.5 Å². The minimum atomic E-state index is -3.69. The Kier molecular flexibility index (Phi) is 6.49. The maximum Gasteiger partial charge on any atom is 0.189 e. The predicted octanol–water partition coefficient (Wildman–Crippen LogP) is 3.40. The molecule has 3 N–H and O–H groups in total. The van der Waals surface area contributed by atoms with E-state index in [1.165, 1.54) is 31.4 Å². The number of allylic oxidation sites excluding steroid dienone is 1. The lowest BCUT2D eigenvalue weighted by molar-refractivity contribution is -0.146. The van der Waals surface area contributed by atoms with Crippen molar-refractivity contribution in [1.29, 1.82) is 0 Å². The second-order valence-electron chi connectivity index (χ2n) is 8.54. The first-order chi connectivity index (χ1) is 14.1. The van der Waals surface area contributed by atoms with Crippen molar-refractivity contribution in [3.63, 3.8) is 0 Å². The number of hydrogen-bond donors (Lipinski definition) is 3. The Labute approximate surface area is 178 Å². The highest BCUT2D eigenvalue weighted by molar-refractivity contribution is 7.95. The zero-order valence-corrected chi connectivity index (χ0v) is 18.7. The van der Waals surface area contributed by atoms with E-state index in [2.05, 4.69) is 0 Å². The molecule has 1 aliphatic carbocycles. The van der Waals surface area contributed by atoms with Gasteiger partial charge < -0.3 is 20.1 Å². The number of hydrogen-bond acceptors (Lipinski definition) is 6. The summed E-state index contributed by atoms with van der Waals surface area (Å²) in [6, 6.07) is 6.47. The number of aliphatic hydroxyl groups is 2. The fraction of sp³-hybridized carbons (Fsp3) is 0.565. The second-order valence-corrected chi connectivity index (χ2v) is 10.5. The van der Waals surface area contributed by atoms with Crippen LogP contribution in [0, 0.1) is 5.41 Å². The molecule has 1 aromatic rings. The molecule has 0 saturated heterocycles. The van der Waals surface area contributed by atoms with E-state index in [9.17, 15) is 23.7 Å². The van der Waals surface area contributed by atoms with E-state index in [0.29, 0.717) is 24.0 Å². The van der Waals surface area contributed by atoms with Crippen molar-refractivity contribution in [1.82, 2.24) is 0 Å². The van der Waals surface area contributed by atoms with Crippen molar-refractivity contribution in [2.24, 2.45) is 5.41 Å². The Hall–Kier alpha value is -1.67. The quantitative estimate of drug-likeness (QED) is 0.591. The van der Waals surface area contributed by atoms with Crippen LogP contribution < -0.4 is 0 Å². The van der Waals surface area contributed by atoms with Gasteiger partial charge in [0.15, 0.2) is 15.6 Å². The Morgan fingerprint density at radius 3 is 2.43 bits per heavy atom. The van der Waals surface area contributed by atoms with Crippen molar-refractivity contribution in [3.05, 3.63) is 52.5 Å². The highest BCUT2D eigenvalue weighted by atomic mass is 32.2. The van der Waals surface area contributed by atoms with Crippen LogP contribution in [0.2, 0.25) is 0 Å². The number of sulfone groups is 1. The molecule has 0 bridgehead atoms. The van der Waals surface area contributed by atoms with Gasteiger partial charge in [-0.3, -0.25) is 0 Å². The Balaban J connectivity index is 2.25. The maximum atomic E-state index is 13.5. The predicted molar refractivity (Wildman–Crippen MR) is 116 cm³/mol. The van der Waals surface area contributed by atoms with Gasteiger partial charge in [-0.15, -0.1) is 0 Å². The SMILES string of the molecule is CCCCC1(CC)CS(=O)(=O)C2=C(CC(O)(OC)C=C2)C(c2ccc(O)cc2)C1O. The van der Waals surface area contributed by atoms with Crippen LogP contribution in [0.5, 0.6) is 5.75 Å². The third kappa shape index (κ3) is 4.08. The molecule has 0 saturated carbocycles. The van der Waals surface area contributed by atoms with Crippen molar-refractivity contribution in [2.45, 2.75) is 63.8 Å². The van der Waals surface area contributed by atoms with E-state index < -0.39 is 33.1 Å².